The van der Waals surface area contributed by atoms with Crippen molar-refractivity contribution in [3.05, 3.63) is 41.3 Å². The first kappa shape index (κ1) is 18.9. The van der Waals surface area contributed by atoms with Gasteiger partial charge in [-0.05, 0) is 57.0 Å². The van der Waals surface area contributed by atoms with Crippen LogP contribution in [0.3, 0.4) is 0 Å². The molecule has 1 aliphatic rings. The maximum Gasteiger partial charge on any atom is 0.416 e. The molecule has 0 amide bonds. The number of aliphatic hydroxyl groups is 1. The molecule has 0 saturated carbocycles. The summed E-state index contributed by atoms with van der Waals surface area (Å²) >= 11 is 0. The van der Waals surface area contributed by atoms with Gasteiger partial charge in [-0.1, -0.05) is 6.42 Å². The summed E-state index contributed by atoms with van der Waals surface area (Å²) in [5.74, 6) is 1.01. The van der Waals surface area contributed by atoms with Crippen molar-refractivity contribution in [1.29, 1.82) is 0 Å². The van der Waals surface area contributed by atoms with Crippen LogP contribution in [0.25, 0.3) is 11.5 Å². The predicted molar refractivity (Wildman–Crippen MR) is 91.4 cm³/mol. The van der Waals surface area contributed by atoms with Crippen LogP contribution in [0.5, 0.6) is 0 Å². The number of rotatable bonds is 5. The van der Waals surface area contributed by atoms with E-state index in [9.17, 15) is 18.3 Å². The number of likely N-dealkylation sites (tertiary alicyclic amines) is 1. The van der Waals surface area contributed by atoms with E-state index in [2.05, 4.69) is 9.88 Å². The van der Waals surface area contributed by atoms with Gasteiger partial charge in [0.25, 0.3) is 0 Å². The lowest BCUT2D eigenvalue weighted by molar-refractivity contribution is -0.137. The zero-order chi connectivity index (χ0) is 18.7. The second kappa shape index (κ2) is 7.80. The molecule has 7 heteroatoms. The Bertz CT molecular complexity index is 723. The molecule has 1 aromatic carbocycles. The van der Waals surface area contributed by atoms with Gasteiger partial charge >= 0.3 is 6.18 Å². The average molecular weight is 368 g/mol. The quantitative estimate of drug-likeness (QED) is 0.850. The highest BCUT2D eigenvalue weighted by molar-refractivity contribution is 5.54. The monoisotopic (exact) mass is 368 g/mol. The van der Waals surface area contributed by atoms with Crippen molar-refractivity contribution in [1.82, 2.24) is 9.88 Å². The highest BCUT2D eigenvalue weighted by Gasteiger charge is 2.30. The minimum atomic E-state index is -4.35. The minimum Gasteiger partial charge on any atom is -0.441 e. The molecule has 0 spiro atoms. The third-order valence-electron chi connectivity index (χ3n) is 4.92. The van der Waals surface area contributed by atoms with Crippen LogP contribution in [-0.4, -0.2) is 34.2 Å². The molecule has 1 aliphatic heterocycles. The van der Waals surface area contributed by atoms with Crippen LogP contribution in [0.2, 0.25) is 0 Å². The van der Waals surface area contributed by atoms with E-state index in [4.69, 9.17) is 4.42 Å². The Hall–Kier alpha value is -1.86. The molecule has 0 bridgehead atoms. The van der Waals surface area contributed by atoms with E-state index < -0.39 is 11.7 Å². The first-order valence-electron chi connectivity index (χ1n) is 8.87. The molecule has 3 rings (SSSR count). The Morgan fingerprint density at radius 3 is 2.62 bits per heavy atom. The van der Waals surface area contributed by atoms with Gasteiger partial charge in [0, 0.05) is 24.8 Å². The molecule has 142 valence electrons. The highest BCUT2D eigenvalue weighted by atomic mass is 19.4. The van der Waals surface area contributed by atoms with Gasteiger partial charge in [-0.15, -0.1) is 0 Å². The van der Waals surface area contributed by atoms with E-state index >= 15 is 0 Å². The fourth-order valence-electron chi connectivity index (χ4n) is 3.44. The number of alkyl halides is 3. The van der Waals surface area contributed by atoms with Crippen molar-refractivity contribution >= 4 is 0 Å². The molecule has 1 atom stereocenters. The topological polar surface area (TPSA) is 49.5 Å². The standard InChI is InChI=1S/C19H23F3N2O2/c1-13-17(12-24-10-3-2-4-16(24)9-11-25)23-18(26-13)14-5-7-15(8-6-14)19(20,21)22/h5-8,16,25H,2-4,9-12H2,1H3. The number of benzene rings is 1. The molecular weight excluding hydrogens is 345 g/mol. The van der Waals surface area contributed by atoms with E-state index in [-0.39, 0.29) is 6.61 Å². The molecule has 1 unspecified atom stereocenters. The first-order valence-corrected chi connectivity index (χ1v) is 8.87. The fourth-order valence-corrected chi connectivity index (χ4v) is 3.44. The molecular formula is C19H23F3N2O2. The molecule has 1 saturated heterocycles. The largest absolute Gasteiger partial charge is 0.441 e. The molecule has 2 heterocycles. The van der Waals surface area contributed by atoms with Crippen molar-refractivity contribution in [2.24, 2.45) is 0 Å². The lowest BCUT2D eigenvalue weighted by Crippen LogP contribution is -2.39. The maximum atomic E-state index is 12.7. The summed E-state index contributed by atoms with van der Waals surface area (Å²) in [4.78, 5) is 6.82. The van der Waals surface area contributed by atoms with Crippen LogP contribution < -0.4 is 0 Å². The summed E-state index contributed by atoms with van der Waals surface area (Å²) in [5.41, 5.74) is 0.632. The number of nitrogens with zero attached hydrogens (tertiary/aromatic N) is 2. The van der Waals surface area contributed by atoms with Gasteiger partial charge in [0.1, 0.15) is 5.76 Å². The summed E-state index contributed by atoms with van der Waals surface area (Å²) < 4.78 is 43.8. The number of hydrogen-bond donors (Lipinski definition) is 1. The minimum absolute atomic E-state index is 0.162. The van der Waals surface area contributed by atoms with Crippen LogP contribution in [0.15, 0.2) is 28.7 Å². The first-order chi connectivity index (χ1) is 12.4. The number of oxazole rings is 1. The van der Waals surface area contributed by atoms with Gasteiger partial charge in [-0.2, -0.15) is 13.2 Å². The number of aromatic nitrogens is 1. The van der Waals surface area contributed by atoms with E-state index in [0.717, 1.165) is 50.1 Å². The second-order valence-corrected chi connectivity index (χ2v) is 6.73. The normalized spacial score (nSPS) is 19.0. The van der Waals surface area contributed by atoms with Gasteiger partial charge in [-0.25, -0.2) is 4.98 Å². The average Bonchev–Trinajstić information content (AvgIpc) is 2.97. The number of piperidine rings is 1. The Labute approximate surface area is 150 Å². The lowest BCUT2D eigenvalue weighted by atomic mass is 9.99. The molecule has 1 aromatic heterocycles. The Kier molecular flexibility index (Phi) is 5.67. The third-order valence-corrected chi connectivity index (χ3v) is 4.92. The smallest absolute Gasteiger partial charge is 0.416 e. The molecule has 1 N–H and O–H groups in total. The van der Waals surface area contributed by atoms with Crippen LogP contribution in [0.1, 0.15) is 42.7 Å². The zero-order valence-electron chi connectivity index (χ0n) is 14.7. The number of hydrogen-bond acceptors (Lipinski definition) is 4. The Morgan fingerprint density at radius 2 is 1.96 bits per heavy atom. The molecule has 0 aliphatic carbocycles. The second-order valence-electron chi connectivity index (χ2n) is 6.73. The summed E-state index contributed by atoms with van der Waals surface area (Å²) in [7, 11) is 0. The third kappa shape index (κ3) is 4.27. The summed E-state index contributed by atoms with van der Waals surface area (Å²) in [6.45, 7) is 3.56. The van der Waals surface area contributed by atoms with E-state index in [1.165, 1.54) is 12.1 Å². The van der Waals surface area contributed by atoms with Crippen LogP contribution in [0.4, 0.5) is 13.2 Å². The SMILES string of the molecule is Cc1oc(-c2ccc(C(F)(F)F)cc2)nc1CN1CCCCC1CCO. The molecule has 2 aromatic rings. The molecule has 1 fully saturated rings. The van der Waals surface area contributed by atoms with Gasteiger partial charge in [0.2, 0.25) is 5.89 Å². The molecule has 26 heavy (non-hydrogen) atoms. The maximum absolute atomic E-state index is 12.7. The van der Waals surface area contributed by atoms with Gasteiger partial charge in [0.15, 0.2) is 0 Å². The fraction of sp³-hybridized carbons (Fsp3) is 0.526. The predicted octanol–water partition coefficient (Wildman–Crippen LogP) is 4.41. The van der Waals surface area contributed by atoms with E-state index in [0.29, 0.717) is 29.8 Å². The number of aliphatic hydroxyl groups excluding tert-OH is 1. The molecule has 4 nitrogen and oxygen atoms in total. The van der Waals surface area contributed by atoms with Gasteiger partial charge in [0.05, 0.1) is 11.3 Å². The van der Waals surface area contributed by atoms with Crippen molar-refractivity contribution in [2.75, 3.05) is 13.2 Å². The van der Waals surface area contributed by atoms with Crippen LogP contribution in [0, 0.1) is 6.92 Å². The molecule has 0 radical (unpaired) electrons. The Morgan fingerprint density at radius 1 is 1.23 bits per heavy atom. The van der Waals surface area contributed by atoms with E-state index in [1.807, 2.05) is 6.92 Å². The van der Waals surface area contributed by atoms with Crippen molar-refractivity contribution < 1.29 is 22.7 Å². The van der Waals surface area contributed by atoms with Crippen molar-refractivity contribution in [3.8, 4) is 11.5 Å². The van der Waals surface area contributed by atoms with Gasteiger partial charge in [-0.3, -0.25) is 4.90 Å². The number of halogens is 3. The van der Waals surface area contributed by atoms with Crippen LogP contribution >= 0.6 is 0 Å². The van der Waals surface area contributed by atoms with Crippen LogP contribution in [-0.2, 0) is 12.7 Å². The Balaban J connectivity index is 1.76. The summed E-state index contributed by atoms with van der Waals surface area (Å²) in [6.07, 6.45) is -0.279. The van der Waals surface area contributed by atoms with Crippen molar-refractivity contribution in [2.45, 2.75) is 51.4 Å². The lowest BCUT2D eigenvalue weighted by Gasteiger charge is -2.35. The van der Waals surface area contributed by atoms with Crippen molar-refractivity contribution in [3.63, 3.8) is 0 Å². The van der Waals surface area contributed by atoms with Gasteiger partial charge < -0.3 is 9.52 Å². The summed E-state index contributed by atoms with van der Waals surface area (Å²) in [6, 6.07) is 5.17. The summed E-state index contributed by atoms with van der Waals surface area (Å²) in [5, 5.41) is 9.25. The van der Waals surface area contributed by atoms with E-state index in [1.54, 1.807) is 0 Å². The number of aryl methyl sites for hydroxylation is 1. The highest BCUT2D eigenvalue weighted by Crippen LogP contribution is 2.31. The zero-order valence-corrected chi connectivity index (χ0v) is 14.7.